The van der Waals surface area contributed by atoms with Gasteiger partial charge in [0, 0.05) is 12.2 Å². The third-order valence-electron chi connectivity index (χ3n) is 3.57. The van der Waals surface area contributed by atoms with Crippen molar-refractivity contribution < 1.29 is 27.9 Å². The Morgan fingerprint density at radius 2 is 1.78 bits per heavy atom. The predicted octanol–water partition coefficient (Wildman–Crippen LogP) is 1.92. The molecule has 8 heteroatoms. The van der Waals surface area contributed by atoms with Crippen molar-refractivity contribution in [2.45, 2.75) is 31.5 Å². The Labute approximate surface area is 130 Å². The molecule has 1 saturated carbocycles. The number of hydrogen-bond acceptors (Lipinski definition) is 3. The first kappa shape index (κ1) is 17.3. The maximum atomic E-state index is 12.4. The highest BCUT2D eigenvalue weighted by Crippen LogP contribution is 2.33. The van der Waals surface area contributed by atoms with Gasteiger partial charge in [0.05, 0.1) is 11.7 Å². The lowest BCUT2D eigenvalue weighted by molar-refractivity contribution is -0.137. The summed E-state index contributed by atoms with van der Waals surface area (Å²) in [7, 11) is 0. The molecule has 5 nitrogen and oxygen atoms in total. The second-order valence-electron chi connectivity index (χ2n) is 5.48. The van der Waals surface area contributed by atoms with Crippen LogP contribution in [0.5, 0.6) is 0 Å². The molecule has 0 heterocycles. The van der Waals surface area contributed by atoms with Crippen molar-refractivity contribution in [3.05, 3.63) is 29.8 Å². The molecule has 0 aliphatic heterocycles. The van der Waals surface area contributed by atoms with E-state index in [1.54, 1.807) is 0 Å². The minimum atomic E-state index is -4.46. The lowest BCUT2D eigenvalue weighted by atomic mass is 10.1. The highest BCUT2D eigenvalue weighted by atomic mass is 19.4. The van der Waals surface area contributed by atoms with E-state index in [0.29, 0.717) is 6.42 Å². The van der Waals surface area contributed by atoms with Crippen LogP contribution in [-0.2, 0) is 15.8 Å². The molecule has 126 valence electrons. The van der Waals surface area contributed by atoms with E-state index in [9.17, 15) is 27.9 Å². The number of anilines is 1. The predicted molar refractivity (Wildman–Crippen MR) is 76.4 cm³/mol. The number of carbonyl (C=O) groups excluding carboxylic acids is 2. The van der Waals surface area contributed by atoms with Gasteiger partial charge in [0.25, 0.3) is 0 Å². The zero-order chi connectivity index (χ0) is 17.0. The molecule has 1 fully saturated rings. The summed E-state index contributed by atoms with van der Waals surface area (Å²) in [6.45, 7) is 0.164. The number of amides is 2. The van der Waals surface area contributed by atoms with Crippen molar-refractivity contribution in [1.29, 1.82) is 0 Å². The zero-order valence-corrected chi connectivity index (χ0v) is 12.2. The van der Waals surface area contributed by atoms with Crippen LogP contribution in [0.25, 0.3) is 0 Å². The molecule has 2 amide bonds. The molecule has 0 radical (unpaired) electrons. The Morgan fingerprint density at radius 1 is 1.17 bits per heavy atom. The van der Waals surface area contributed by atoms with Gasteiger partial charge in [-0.15, -0.1) is 0 Å². The van der Waals surface area contributed by atoms with Gasteiger partial charge in [-0.25, -0.2) is 0 Å². The van der Waals surface area contributed by atoms with Gasteiger partial charge in [-0.2, -0.15) is 13.2 Å². The summed E-state index contributed by atoms with van der Waals surface area (Å²) >= 11 is 0. The Kier molecular flexibility index (Phi) is 5.25. The Hall–Kier alpha value is -2.09. The lowest BCUT2D eigenvalue weighted by Crippen LogP contribution is -2.37. The molecule has 3 N–H and O–H groups in total. The number of rotatable bonds is 5. The largest absolute Gasteiger partial charge is 0.416 e. The third kappa shape index (κ3) is 5.24. The number of carbonyl (C=O) groups is 2. The number of aliphatic hydroxyl groups is 1. The van der Waals surface area contributed by atoms with E-state index in [2.05, 4.69) is 10.6 Å². The SMILES string of the molecule is O=C(NCCC(O)C1CC1)C(=O)Nc1ccc(C(F)(F)F)cc1. The maximum Gasteiger partial charge on any atom is 0.416 e. The molecule has 1 atom stereocenters. The highest BCUT2D eigenvalue weighted by molar-refractivity contribution is 6.39. The van der Waals surface area contributed by atoms with Gasteiger partial charge in [0.2, 0.25) is 0 Å². The van der Waals surface area contributed by atoms with Gasteiger partial charge in [0.15, 0.2) is 0 Å². The van der Waals surface area contributed by atoms with Crippen LogP contribution in [0, 0.1) is 5.92 Å². The maximum absolute atomic E-state index is 12.4. The standard InChI is InChI=1S/C15H17F3N2O3/c16-15(17,18)10-3-5-11(6-4-10)20-14(23)13(22)19-8-7-12(21)9-1-2-9/h3-6,9,12,21H,1-2,7-8H2,(H,19,22)(H,20,23). The summed E-state index contributed by atoms with van der Waals surface area (Å²) in [5.74, 6) is -1.58. The summed E-state index contributed by atoms with van der Waals surface area (Å²) in [6.07, 6.45) is -2.62. The zero-order valence-electron chi connectivity index (χ0n) is 12.2. The second-order valence-corrected chi connectivity index (χ2v) is 5.48. The number of aliphatic hydroxyl groups excluding tert-OH is 1. The van der Waals surface area contributed by atoms with Gasteiger partial charge in [-0.1, -0.05) is 0 Å². The molecular formula is C15H17F3N2O3. The van der Waals surface area contributed by atoms with Crippen molar-refractivity contribution in [2.24, 2.45) is 5.92 Å². The first-order valence-electron chi connectivity index (χ1n) is 7.22. The van der Waals surface area contributed by atoms with Gasteiger partial charge in [-0.05, 0) is 49.4 Å². The molecule has 23 heavy (non-hydrogen) atoms. The summed E-state index contributed by atoms with van der Waals surface area (Å²) in [4.78, 5) is 23.2. The lowest BCUT2D eigenvalue weighted by Gasteiger charge is -2.10. The Bertz CT molecular complexity index is 568. The van der Waals surface area contributed by atoms with Crippen molar-refractivity contribution in [3.8, 4) is 0 Å². The second kappa shape index (κ2) is 6.99. The van der Waals surface area contributed by atoms with Crippen LogP contribution < -0.4 is 10.6 Å². The van der Waals surface area contributed by atoms with E-state index in [1.165, 1.54) is 0 Å². The summed E-state index contributed by atoms with van der Waals surface area (Å²) in [5.41, 5.74) is -0.745. The van der Waals surface area contributed by atoms with Crippen molar-refractivity contribution >= 4 is 17.5 Å². The number of halogens is 3. The van der Waals surface area contributed by atoms with Gasteiger partial charge in [-0.3, -0.25) is 9.59 Å². The van der Waals surface area contributed by atoms with Crippen molar-refractivity contribution in [2.75, 3.05) is 11.9 Å². The average Bonchev–Trinajstić information content (AvgIpc) is 3.31. The molecule has 1 aliphatic rings. The van der Waals surface area contributed by atoms with Crippen LogP contribution in [-0.4, -0.2) is 29.6 Å². The molecule has 0 aromatic heterocycles. The Morgan fingerprint density at radius 3 is 2.30 bits per heavy atom. The molecule has 1 aromatic rings. The fraction of sp³-hybridized carbons (Fsp3) is 0.467. The summed E-state index contributed by atoms with van der Waals surface area (Å²) < 4.78 is 37.2. The number of nitrogens with one attached hydrogen (secondary N) is 2. The van der Waals surface area contributed by atoms with Gasteiger partial charge in [0.1, 0.15) is 0 Å². The highest BCUT2D eigenvalue weighted by Gasteiger charge is 2.30. The number of hydrogen-bond donors (Lipinski definition) is 3. The smallest absolute Gasteiger partial charge is 0.393 e. The van der Waals surface area contributed by atoms with Crippen LogP contribution in [0.2, 0.25) is 0 Å². The van der Waals surface area contributed by atoms with E-state index in [-0.39, 0.29) is 18.2 Å². The molecule has 1 aromatic carbocycles. The van der Waals surface area contributed by atoms with Crippen molar-refractivity contribution in [1.82, 2.24) is 5.32 Å². The van der Waals surface area contributed by atoms with E-state index < -0.39 is 29.7 Å². The minimum Gasteiger partial charge on any atom is -0.393 e. The normalized spacial score (nSPS) is 15.8. The third-order valence-corrected chi connectivity index (χ3v) is 3.57. The Balaban J connectivity index is 1.77. The molecule has 2 rings (SSSR count). The van der Waals surface area contributed by atoms with E-state index >= 15 is 0 Å². The monoisotopic (exact) mass is 330 g/mol. The molecule has 1 aliphatic carbocycles. The first-order valence-corrected chi connectivity index (χ1v) is 7.22. The average molecular weight is 330 g/mol. The van der Waals surface area contributed by atoms with Crippen molar-refractivity contribution in [3.63, 3.8) is 0 Å². The fourth-order valence-electron chi connectivity index (χ4n) is 2.06. The molecule has 0 saturated heterocycles. The number of benzene rings is 1. The summed E-state index contributed by atoms with van der Waals surface area (Å²) in [5, 5.41) is 14.2. The van der Waals surface area contributed by atoms with Crippen LogP contribution in [0.4, 0.5) is 18.9 Å². The topological polar surface area (TPSA) is 78.4 Å². The van der Waals surface area contributed by atoms with Crippen LogP contribution in [0.15, 0.2) is 24.3 Å². The molecule has 1 unspecified atom stereocenters. The first-order chi connectivity index (χ1) is 10.8. The van der Waals surface area contributed by atoms with Crippen LogP contribution in [0.3, 0.4) is 0 Å². The van der Waals surface area contributed by atoms with E-state index in [4.69, 9.17) is 0 Å². The van der Waals surface area contributed by atoms with Crippen LogP contribution in [0.1, 0.15) is 24.8 Å². The molecular weight excluding hydrogens is 313 g/mol. The van der Waals surface area contributed by atoms with E-state index in [0.717, 1.165) is 37.1 Å². The quantitative estimate of drug-likeness (QED) is 0.722. The molecule has 0 spiro atoms. The summed E-state index contributed by atoms with van der Waals surface area (Å²) in [6, 6.07) is 3.79. The molecule has 0 bridgehead atoms. The van der Waals surface area contributed by atoms with Gasteiger partial charge < -0.3 is 15.7 Å². The van der Waals surface area contributed by atoms with Gasteiger partial charge >= 0.3 is 18.0 Å². The number of alkyl halides is 3. The fourth-order valence-corrected chi connectivity index (χ4v) is 2.06. The van der Waals surface area contributed by atoms with Crippen LogP contribution >= 0.6 is 0 Å². The minimum absolute atomic E-state index is 0.0937. The van der Waals surface area contributed by atoms with E-state index in [1.807, 2.05) is 0 Å².